The van der Waals surface area contributed by atoms with E-state index in [9.17, 15) is 0 Å². The van der Waals surface area contributed by atoms with E-state index in [1.807, 2.05) is 54.2 Å². The number of benzene rings is 2. The Morgan fingerprint density at radius 3 is 2.68 bits per heavy atom. The number of aromatic nitrogens is 2. The van der Waals surface area contributed by atoms with Gasteiger partial charge in [0.05, 0.1) is 6.54 Å². The number of hydrogen-bond acceptors (Lipinski definition) is 2. The van der Waals surface area contributed by atoms with Gasteiger partial charge < -0.3 is 10.6 Å². The minimum absolute atomic E-state index is 0.478. The summed E-state index contributed by atoms with van der Waals surface area (Å²) in [6.07, 6.45) is 1.93. The second-order valence-corrected chi connectivity index (χ2v) is 6.71. The summed E-state index contributed by atoms with van der Waals surface area (Å²) in [7, 11) is 0. The van der Waals surface area contributed by atoms with Gasteiger partial charge in [0.25, 0.3) is 0 Å². The minimum Gasteiger partial charge on any atom is -0.332 e. The van der Waals surface area contributed by atoms with Crippen molar-refractivity contribution in [1.29, 1.82) is 0 Å². The van der Waals surface area contributed by atoms with Crippen LogP contribution in [0.3, 0.4) is 0 Å². The number of nitrogens with one attached hydrogen (secondary N) is 2. The third-order valence-corrected chi connectivity index (χ3v) is 4.36. The lowest BCUT2D eigenvalue weighted by molar-refractivity contribution is 0.687. The standard InChI is InChI=1S/C19H19ClN4S/c1-13-5-3-4-6-15(13)12-24-10-9-18(23-24)22-19(25)21-17-11-16(20)8-7-14(17)2/h3-11H,12H2,1-2H3,(H2,21,22,23,25). The van der Waals surface area contributed by atoms with Crippen LogP contribution >= 0.6 is 23.8 Å². The van der Waals surface area contributed by atoms with E-state index in [1.54, 1.807) is 0 Å². The molecule has 0 amide bonds. The molecule has 0 bridgehead atoms. The highest BCUT2D eigenvalue weighted by molar-refractivity contribution is 7.80. The average Bonchev–Trinajstić information content (AvgIpc) is 3.00. The Hall–Kier alpha value is -2.37. The predicted octanol–water partition coefficient (Wildman–Crippen LogP) is 5.01. The molecular formula is C19H19ClN4S. The van der Waals surface area contributed by atoms with Crippen LogP contribution in [-0.2, 0) is 6.54 Å². The fraction of sp³-hybridized carbons (Fsp3) is 0.158. The third kappa shape index (κ3) is 4.59. The van der Waals surface area contributed by atoms with Crippen molar-refractivity contribution in [3.63, 3.8) is 0 Å². The van der Waals surface area contributed by atoms with Gasteiger partial charge in [0.15, 0.2) is 10.9 Å². The van der Waals surface area contributed by atoms with Crippen molar-refractivity contribution >= 4 is 40.4 Å². The molecule has 0 spiro atoms. The Morgan fingerprint density at radius 1 is 1.08 bits per heavy atom. The average molecular weight is 371 g/mol. The molecule has 2 N–H and O–H groups in total. The van der Waals surface area contributed by atoms with Gasteiger partial charge in [-0.1, -0.05) is 41.9 Å². The molecule has 0 saturated heterocycles. The zero-order chi connectivity index (χ0) is 17.8. The zero-order valence-electron chi connectivity index (χ0n) is 14.1. The maximum atomic E-state index is 6.03. The van der Waals surface area contributed by atoms with E-state index in [-0.39, 0.29) is 0 Å². The Morgan fingerprint density at radius 2 is 1.88 bits per heavy atom. The highest BCUT2D eigenvalue weighted by atomic mass is 35.5. The van der Waals surface area contributed by atoms with Gasteiger partial charge in [-0.05, 0) is 54.9 Å². The minimum atomic E-state index is 0.478. The molecule has 4 nitrogen and oxygen atoms in total. The lowest BCUT2D eigenvalue weighted by Crippen LogP contribution is -2.20. The molecule has 6 heteroatoms. The van der Waals surface area contributed by atoms with Gasteiger partial charge >= 0.3 is 0 Å². The highest BCUT2D eigenvalue weighted by Gasteiger charge is 2.06. The number of nitrogens with zero attached hydrogens (tertiary/aromatic N) is 2. The van der Waals surface area contributed by atoms with E-state index in [0.717, 1.165) is 17.8 Å². The first-order valence-electron chi connectivity index (χ1n) is 7.93. The summed E-state index contributed by atoms with van der Waals surface area (Å²) in [4.78, 5) is 0. The van der Waals surface area contributed by atoms with E-state index in [1.165, 1.54) is 11.1 Å². The molecule has 0 unspecified atom stereocenters. The van der Waals surface area contributed by atoms with Gasteiger partial charge in [-0.15, -0.1) is 0 Å². The van der Waals surface area contributed by atoms with Crippen LogP contribution < -0.4 is 10.6 Å². The van der Waals surface area contributed by atoms with Crippen LogP contribution in [0, 0.1) is 13.8 Å². The molecule has 25 heavy (non-hydrogen) atoms. The van der Waals surface area contributed by atoms with Gasteiger partial charge in [-0.2, -0.15) is 5.10 Å². The fourth-order valence-corrected chi connectivity index (χ4v) is 2.86. The van der Waals surface area contributed by atoms with Crippen LogP contribution in [0.25, 0.3) is 0 Å². The van der Waals surface area contributed by atoms with Crippen molar-refractivity contribution in [3.8, 4) is 0 Å². The predicted molar refractivity (Wildman–Crippen MR) is 109 cm³/mol. The first-order chi connectivity index (χ1) is 12.0. The SMILES string of the molecule is Cc1ccccc1Cn1ccc(NC(=S)Nc2cc(Cl)ccc2C)n1. The number of aryl methyl sites for hydroxylation is 2. The van der Waals surface area contributed by atoms with E-state index in [0.29, 0.717) is 16.0 Å². The topological polar surface area (TPSA) is 41.9 Å². The molecule has 0 atom stereocenters. The van der Waals surface area contributed by atoms with Crippen LogP contribution in [0.15, 0.2) is 54.7 Å². The van der Waals surface area contributed by atoms with E-state index in [2.05, 4.69) is 34.8 Å². The molecule has 1 heterocycles. The first kappa shape index (κ1) is 17.5. The molecular weight excluding hydrogens is 352 g/mol. The molecule has 0 fully saturated rings. The van der Waals surface area contributed by atoms with Crippen LogP contribution in [0.5, 0.6) is 0 Å². The van der Waals surface area contributed by atoms with Crippen molar-refractivity contribution in [2.45, 2.75) is 20.4 Å². The lowest BCUT2D eigenvalue weighted by atomic mass is 10.1. The summed E-state index contributed by atoms with van der Waals surface area (Å²) in [5.41, 5.74) is 4.44. The number of halogens is 1. The smallest absolute Gasteiger partial charge is 0.176 e. The molecule has 0 aliphatic rings. The number of hydrogen-bond donors (Lipinski definition) is 2. The van der Waals surface area contributed by atoms with Gasteiger partial charge in [-0.3, -0.25) is 4.68 Å². The first-order valence-corrected chi connectivity index (χ1v) is 8.72. The van der Waals surface area contributed by atoms with Gasteiger partial charge in [0, 0.05) is 23.0 Å². The Kier molecular flexibility index (Phi) is 5.36. The van der Waals surface area contributed by atoms with E-state index < -0.39 is 0 Å². The maximum Gasteiger partial charge on any atom is 0.176 e. The molecule has 3 aromatic rings. The number of thiocarbonyl (C=S) groups is 1. The molecule has 128 valence electrons. The summed E-state index contributed by atoms with van der Waals surface area (Å²) in [6, 6.07) is 15.8. The van der Waals surface area contributed by atoms with Crippen LogP contribution in [-0.4, -0.2) is 14.9 Å². The normalized spacial score (nSPS) is 10.5. The monoisotopic (exact) mass is 370 g/mol. The van der Waals surface area contributed by atoms with Crippen molar-refractivity contribution in [2.75, 3.05) is 10.6 Å². The van der Waals surface area contributed by atoms with Crippen LogP contribution in [0.4, 0.5) is 11.5 Å². The largest absolute Gasteiger partial charge is 0.332 e. The highest BCUT2D eigenvalue weighted by Crippen LogP contribution is 2.20. The van der Waals surface area contributed by atoms with Crippen molar-refractivity contribution in [1.82, 2.24) is 9.78 Å². The maximum absolute atomic E-state index is 6.03. The summed E-state index contributed by atoms with van der Waals surface area (Å²) < 4.78 is 1.89. The second kappa shape index (κ2) is 7.68. The van der Waals surface area contributed by atoms with E-state index in [4.69, 9.17) is 23.8 Å². The number of anilines is 2. The number of rotatable bonds is 4. The third-order valence-electron chi connectivity index (χ3n) is 3.92. The summed E-state index contributed by atoms with van der Waals surface area (Å²) in [5.74, 6) is 0.700. The second-order valence-electron chi connectivity index (χ2n) is 5.86. The fourth-order valence-electron chi connectivity index (χ4n) is 2.48. The molecule has 0 aliphatic heterocycles. The molecule has 3 rings (SSSR count). The molecule has 2 aromatic carbocycles. The van der Waals surface area contributed by atoms with Gasteiger partial charge in [0.2, 0.25) is 0 Å². The zero-order valence-corrected chi connectivity index (χ0v) is 15.7. The Bertz CT molecular complexity index is 904. The van der Waals surface area contributed by atoms with Crippen molar-refractivity contribution in [3.05, 3.63) is 76.4 Å². The van der Waals surface area contributed by atoms with Gasteiger partial charge in [0.1, 0.15) is 0 Å². The van der Waals surface area contributed by atoms with Crippen LogP contribution in [0.2, 0.25) is 5.02 Å². The van der Waals surface area contributed by atoms with Crippen molar-refractivity contribution < 1.29 is 0 Å². The summed E-state index contributed by atoms with van der Waals surface area (Å²) in [6.45, 7) is 4.82. The van der Waals surface area contributed by atoms with Gasteiger partial charge in [-0.25, -0.2) is 0 Å². The van der Waals surface area contributed by atoms with Crippen molar-refractivity contribution in [2.24, 2.45) is 0 Å². The molecule has 1 aromatic heterocycles. The Labute approximate surface area is 157 Å². The summed E-state index contributed by atoms with van der Waals surface area (Å²) >= 11 is 11.4. The molecule has 0 saturated carbocycles. The van der Waals surface area contributed by atoms with Crippen LogP contribution in [0.1, 0.15) is 16.7 Å². The quantitative estimate of drug-likeness (QED) is 0.633. The molecule has 0 radical (unpaired) electrons. The lowest BCUT2D eigenvalue weighted by Gasteiger charge is -2.11. The Balaban J connectivity index is 1.64. The molecule has 0 aliphatic carbocycles. The summed E-state index contributed by atoms with van der Waals surface area (Å²) in [5, 5.41) is 11.9. The van der Waals surface area contributed by atoms with E-state index >= 15 is 0 Å².